The summed E-state index contributed by atoms with van der Waals surface area (Å²) in [6, 6.07) is 15.5. The molecule has 2 aromatic rings. The Labute approximate surface area is 191 Å². The summed E-state index contributed by atoms with van der Waals surface area (Å²) in [4.78, 5) is 30.2. The molecule has 32 heavy (non-hydrogen) atoms. The summed E-state index contributed by atoms with van der Waals surface area (Å²) in [7, 11) is 5.63. The maximum absolute atomic E-state index is 13.4. The van der Waals surface area contributed by atoms with E-state index in [0.717, 1.165) is 29.7 Å². The van der Waals surface area contributed by atoms with E-state index in [0.29, 0.717) is 31.7 Å². The quantitative estimate of drug-likeness (QED) is 0.640. The molecular formula is C26H35N3O3. The van der Waals surface area contributed by atoms with Crippen molar-refractivity contribution in [2.45, 2.75) is 45.2 Å². The van der Waals surface area contributed by atoms with Gasteiger partial charge in [0.15, 0.2) is 0 Å². The van der Waals surface area contributed by atoms with Crippen LogP contribution in [-0.2, 0) is 16.1 Å². The fourth-order valence-corrected chi connectivity index (χ4v) is 4.38. The van der Waals surface area contributed by atoms with E-state index in [1.54, 1.807) is 7.11 Å². The van der Waals surface area contributed by atoms with Crippen LogP contribution >= 0.6 is 0 Å². The van der Waals surface area contributed by atoms with Gasteiger partial charge in [-0.2, -0.15) is 0 Å². The molecule has 2 atom stereocenters. The van der Waals surface area contributed by atoms with Crippen molar-refractivity contribution < 1.29 is 14.3 Å². The fourth-order valence-electron chi connectivity index (χ4n) is 4.38. The van der Waals surface area contributed by atoms with Gasteiger partial charge in [-0.15, -0.1) is 0 Å². The number of anilines is 1. The maximum atomic E-state index is 13.4. The van der Waals surface area contributed by atoms with Gasteiger partial charge in [-0.05, 0) is 36.6 Å². The molecule has 0 spiro atoms. The molecule has 3 rings (SSSR count). The fraction of sp³-hybridized carbons (Fsp3) is 0.462. The van der Waals surface area contributed by atoms with E-state index < -0.39 is 0 Å². The van der Waals surface area contributed by atoms with Gasteiger partial charge in [0.05, 0.1) is 19.1 Å². The third kappa shape index (κ3) is 5.42. The van der Waals surface area contributed by atoms with Gasteiger partial charge < -0.3 is 19.9 Å². The Bertz CT molecular complexity index is 928. The zero-order valence-electron chi connectivity index (χ0n) is 19.6. The van der Waals surface area contributed by atoms with Gasteiger partial charge in [-0.3, -0.25) is 9.59 Å². The van der Waals surface area contributed by atoms with Crippen molar-refractivity contribution in [3.63, 3.8) is 0 Å². The maximum Gasteiger partial charge on any atom is 0.225 e. The molecule has 6 heteroatoms. The van der Waals surface area contributed by atoms with E-state index in [4.69, 9.17) is 4.74 Å². The molecular weight excluding hydrogens is 402 g/mol. The lowest BCUT2D eigenvalue weighted by atomic mass is 9.83. The number of rotatable bonds is 9. The first-order valence-corrected chi connectivity index (χ1v) is 11.4. The number of benzene rings is 2. The molecule has 1 N–H and O–H groups in total. The van der Waals surface area contributed by atoms with Crippen molar-refractivity contribution in [3.05, 3.63) is 59.7 Å². The van der Waals surface area contributed by atoms with Crippen molar-refractivity contribution in [3.8, 4) is 5.75 Å². The molecule has 1 heterocycles. The van der Waals surface area contributed by atoms with Gasteiger partial charge in [0, 0.05) is 44.9 Å². The molecule has 0 radical (unpaired) electrons. The Hall–Kier alpha value is -3.02. The highest BCUT2D eigenvalue weighted by molar-refractivity contribution is 5.85. The van der Waals surface area contributed by atoms with Crippen molar-refractivity contribution in [2.24, 2.45) is 5.92 Å². The van der Waals surface area contributed by atoms with Gasteiger partial charge >= 0.3 is 0 Å². The van der Waals surface area contributed by atoms with Crippen LogP contribution in [0.25, 0.3) is 0 Å². The number of carbonyl (C=O) groups excluding carboxylic acids is 2. The number of nitrogens with zero attached hydrogens (tertiary/aromatic N) is 2. The number of hydrogen-bond donors (Lipinski definition) is 1. The molecule has 6 nitrogen and oxygen atoms in total. The lowest BCUT2D eigenvalue weighted by Crippen LogP contribution is -2.48. The zero-order chi connectivity index (χ0) is 23.1. The van der Waals surface area contributed by atoms with Gasteiger partial charge in [0.2, 0.25) is 11.8 Å². The van der Waals surface area contributed by atoms with E-state index in [1.807, 2.05) is 66.4 Å². The molecule has 172 valence electrons. The Kier molecular flexibility index (Phi) is 8.14. The Morgan fingerprint density at radius 3 is 2.69 bits per heavy atom. The molecule has 0 aliphatic carbocycles. The van der Waals surface area contributed by atoms with Gasteiger partial charge in [0.1, 0.15) is 5.75 Å². The van der Waals surface area contributed by atoms with E-state index in [2.05, 4.69) is 18.3 Å². The highest BCUT2D eigenvalue weighted by Gasteiger charge is 2.41. The van der Waals surface area contributed by atoms with Crippen molar-refractivity contribution in [2.75, 3.05) is 32.6 Å². The predicted molar refractivity (Wildman–Crippen MR) is 128 cm³/mol. The largest absolute Gasteiger partial charge is 0.496 e. The number of amides is 2. The number of ether oxygens (including phenoxy) is 1. The molecule has 0 aromatic heterocycles. The van der Waals surface area contributed by atoms with Gasteiger partial charge in [-0.1, -0.05) is 43.7 Å². The van der Waals surface area contributed by atoms with E-state index in [-0.39, 0.29) is 23.8 Å². The smallest absolute Gasteiger partial charge is 0.225 e. The monoisotopic (exact) mass is 437 g/mol. The number of nitrogens with one attached hydrogen (secondary N) is 1. The molecule has 1 fully saturated rings. The lowest BCUT2D eigenvalue weighted by Gasteiger charge is -2.41. The second-order valence-electron chi connectivity index (χ2n) is 8.55. The van der Waals surface area contributed by atoms with Crippen molar-refractivity contribution >= 4 is 17.5 Å². The normalized spacial score (nSPS) is 18.4. The summed E-state index contributed by atoms with van der Waals surface area (Å²) >= 11 is 0. The van der Waals surface area contributed by atoms with Crippen LogP contribution in [0.1, 0.15) is 49.8 Å². The summed E-state index contributed by atoms with van der Waals surface area (Å²) in [6.45, 7) is 3.21. The lowest BCUT2D eigenvalue weighted by molar-refractivity contribution is -0.143. The molecule has 0 saturated carbocycles. The Morgan fingerprint density at radius 1 is 1.19 bits per heavy atom. The zero-order valence-corrected chi connectivity index (χ0v) is 19.6. The average molecular weight is 438 g/mol. The summed E-state index contributed by atoms with van der Waals surface area (Å²) in [5, 5.41) is 3.13. The van der Waals surface area contributed by atoms with Crippen molar-refractivity contribution in [1.82, 2.24) is 10.2 Å². The van der Waals surface area contributed by atoms with Gasteiger partial charge in [0.25, 0.3) is 0 Å². The number of piperidine rings is 1. The van der Waals surface area contributed by atoms with E-state index in [9.17, 15) is 9.59 Å². The molecule has 1 aliphatic rings. The third-order valence-corrected chi connectivity index (χ3v) is 6.15. The number of para-hydroxylation sites is 1. The van der Waals surface area contributed by atoms with Crippen LogP contribution in [0.4, 0.5) is 5.69 Å². The average Bonchev–Trinajstić information content (AvgIpc) is 2.81. The summed E-state index contributed by atoms with van der Waals surface area (Å²) < 4.78 is 5.61. The minimum absolute atomic E-state index is 0.0230. The van der Waals surface area contributed by atoms with Crippen LogP contribution in [0, 0.1) is 5.92 Å². The molecule has 1 saturated heterocycles. The van der Waals surface area contributed by atoms with Crippen LogP contribution in [-0.4, -0.2) is 44.5 Å². The standard InChI is InChI=1S/C26H35N3O3/c1-5-6-16-29-24(30)15-14-22(25(29)21-12-7-8-13-23(21)32-4)26(31)27-18-19-10-9-11-20(17-19)28(2)3/h7-13,17,22,25H,5-6,14-16,18H2,1-4H3,(H,27,31). The van der Waals surface area contributed by atoms with Crippen molar-refractivity contribution in [1.29, 1.82) is 0 Å². The summed E-state index contributed by atoms with van der Waals surface area (Å²) in [5.41, 5.74) is 3.04. The number of unbranched alkanes of at least 4 members (excludes halogenated alkanes) is 1. The van der Waals surface area contributed by atoms with Gasteiger partial charge in [-0.25, -0.2) is 0 Å². The second kappa shape index (κ2) is 11.0. The Balaban J connectivity index is 1.85. The minimum atomic E-state index is -0.327. The topological polar surface area (TPSA) is 61.9 Å². The third-order valence-electron chi connectivity index (χ3n) is 6.15. The van der Waals surface area contributed by atoms with Crippen LogP contribution in [0.3, 0.4) is 0 Å². The number of methoxy groups -OCH3 is 1. The summed E-state index contributed by atoms with van der Waals surface area (Å²) in [5.74, 6) is 0.477. The molecule has 2 aromatic carbocycles. The molecule has 0 bridgehead atoms. The molecule has 2 amide bonds. The van der Waals surface area contributed by atoms with Crippen LogP contribution < -0.4 is 15.0 Å². The molecule has 2 unspecified atom stereocenters. The second-order valence-corrected chi connectivity index (χ2v) is 8.55. The summed E-state index contributed by atoms with van der Waals surface area (Å²) in [6.07, 6.45) is 2.82. The first-order chi connectivity index (χ1) is 15.5. The highest BCUT2D eigenvalue weighted by atomic mass is 16.5. The van der Waals surface area contributed by atoms with Crippen LogP contribution in [0.2, 0.25) is 0 Å². The highest BCUT2D eigenvalue weighted by Crippen LogP contribution is 2.40. The number of hydrogen-bond acceptors (Lipinski definition) is 4. The number of likely N-dealkylation sites (tertiary alicyclic amines) is 1. The molecule has 1 aliphatic heterocycles. The first kappa shape index (κ1) is 23.6. The Morgan fingerprint density at radius 2 is 1.97 bits per heavy atom. The number of carbonyl (C=O) groups is 2. The van der Waals surface area contributed by atoms with E-state index in [1.165, 1.54) is 0 Å². The van der Waals surface area contributed by atoms with Crippen LogP contribution in [0.15, 0.2) is 48.5 Å². The van der Waals surface area contributed by atoms with Crippen LogP contribution in [0.5, 0.6) is 5.75 Å². The SMILES string of the molecule is CCCCN1C(=O)CCC(C(=O)NCc2cccc(N(C)C)c2)C1c1ccccc1OC. The first-order valence-electron chi connectivity index (χ1n) is 11.4. The van der Waals surface area contributed by atoms with E-state index >= 15 is 0 Å². The predicted octanol–water partition coefficient (Wildman–Crippen LogP) is 4.16. The minimum Gasteiger partial charge on any atom is -0.496 e.